The van der Waals surface area contributed by atoms with Gasteiger partial charge in [0.15, 0.2) is 0 Å². The number of nitrogens with one attached hydrogen (secondary N) is 1. The van der Waals surface area contributed by atoms with E-state index in [1.165, 1.54) is 0 Å². The van der Waals surface area contributed by atoms with Crippen molar-refractivity contribution in [3.63, 3.8) is 0 Å². The molecule has 2 atom stereocenters. The molecule has 68 valence electrons. The first kappa shape index (κ1) is 10.9. The topological polar surface area (TPSA) is 35.5 Å². The van der Waals surface area contributed by atoms with Crippen LogP contribution in [0.5, 0.6) is 0 Å². The molecule has 3 nitrogen and oxygen atoms in total. The highest BCUT2D eigenvalue weighted by Gasteiger charge is 2.06. The van der Waals surface area contributed by atoms with E-state index < -0.39 is 0 Å². The van der Waals surface area contributed by atoms with Gasteiger partial charge in [0.05, 0.1) is 6.10 Å². The molecule has 0 aromatic carbocycles. The highest BCUT2D eigenvalue weighted by Crippen LogP contribution is 1.88. The largest absolute Gasteiger partial charge is 0.392 e. The fourth-order valence-corrected chi connectivity index (χ4v) is 0.686. The van der Waals surface area contributed by atoms with Crippen molar-refractivity contribution < 1.29 is 5.11 Å². The minimum absolute atomic E-state index is 0.190. The number of aliphatic hydroxyl groups is 1. The lowest BCUT2D eigenvalue weighted by Gasteiger charge is -2.18. The van der Waals surface area contributed by atoms with Crippen LogP contribution in [0.15, 0.2) is 0 Å². The second kappa shape index (κ2) is 5.52. The van der Waals surface area contributed by atoms with Crippen LogP contribution in [0, 0.1) is 0 Å². The van der Waals surface area contributed by atoms with Gasteiger partial charge >= 0.3 is 0 Å². The molecule has 0 rings (SSSR count). The zero-order valence-corrected chi connectivity index (χ0v) is 7.96. The van der Waals surface area contributed by atoms with Crippen molar-refractivity contribution in [3.05, 3.63) is 0 Å². The lowest BCUT2D eigenvalue weighted by atomic mass is 10.2. The molecule has 0 amide bonds. The molecule has 2 N–H and O–H groups in total. The molecule has 0 heterocycles. The minimum Gasteiger partial charge on any atom is -0.392 e. The van der Waals surface area contributed by atoms with Crippen LogP contribution in [0.4, 0.5) is 0 Å². The first-order valence-electron chi connectivity index (χ1n) is 4.10. The van der Waals surface area contributed by atoms with Crippen LogP contribution < -0.4 is 5.32 Å². The molecule has 0 bridgehead atoms. The Morgan fingerprint density at radius 2 is 1.91 bits per heavy atom. The number of aliphatic hydroxyl groups excluding tert-OH is 1. The summed E-state index contributed by atoms with van der Waals surface area (Å²) in [6.45, 7) is 5.73. The Morgan fingerprint density at radius 1 is 1.36 bits per heavy atom. The van der Waals surface area contributed by atoms with Crippen LogP contribution in [0.3, 0.4) is 0 Å². The number of hydrogen-bond acceptors (Lipinski definition) is 3. The molecule has 0 aromatic rings. The molecule has 0 spiro atoms. The van der Waals surface area contributed by atoms with Gasteiger partial charge in [-0.3, -0.25) is 0 Å². The standard InChI is InChI=1S/C8H20N2O/c1-7(8(2)11)9-5-6-10(3)4/h7-9,11H,5-6H2,1-4H3. The molecule has 0 aliphatic rings. The second-order valence-electron chi connectivity index (χ2n) is 3.29. The van der Waals surface area contributed by atoms with Gasteiger partial charge in [0.25, 0.3) is 0 Å². The van der Waals surface area contributed by atoms with Gasteiger partial charge in [0, 0.05) is 19.1 Å². The highest BCUT2D eigenvalue weighted by molar-refractivity contribution is 4.66. The van der Waals surface area contributed by atoms with E-state index in [1.807, 2.05) is 21.0 Å². The van der Waals surface area contributed by atoms with E-state index in [4.69, 9.17) is 5.11 Å². The molecule has 0 saturated carbocycles. The predicted molar refractivity (Wildman–Crippen MR) is 47.7 cm³/mol. The number of nitrogens with zero attached hydrogens (tertiary/aromatic N) is 1. The lowest BCUT2D eigenvalue weighted by molar-refractivity contribution is 0.151. The molecule has 11 heavy (non-hydrogen) atoms. The van der Waals surface area contributed by atoms with E-state index in [0.717, 1.165) is 13.1 Å². The number of rotatable bonds is 5. The maximum Gasteiger partial charge on any atom is 0.0662 e. The van der Waals surface area contributed by atoms with E-state index in [0.29, 0.717) is 0 Å². The van der Waals surface area contributed by atoms with Crippen molar-refractivity contribution in [2.75, 3.05) is 27.2 Å². The molecule has 0 saturated heterocycles. The Labute approximate surface area is 69.4 Å². The van der Waals surface area contributed by atoms with Gasteiger partial charge < -0.3 is 15.3 Å². The Balaban J connectivity index is 3.24. The molecular formula is C8H20N2O. The Hall–Kier alpha value is -0.120. The van der Waals surface area contributed by atoms with Gasteiger partial charge in [-0.1, -0.05) is 0 Å². The van der Waals surface area contributed by atoms with Crippen molar-refractivity contribution in [2.24, 2.45) is 0 Å². The summed E-state index contributed by atoms with van der Waals surface area (Å²) in [5.41, 5.74) is 0. The molecule has 0 aliphatic heterocycles. The van der Waals surface area contributed by atoms with E-state index in [2.05, 4.69) is 10.2 Å². The summed E-state index contributed by atoms with van der Waals surface area (Å²) in [5, 5.41) is 12.3. The van der Waals surface area contributed by atoms with Crippen LogP contribution in [-0.2, 0) is 0 Å². The van der Waals surface area contributed by atoms with Crippen molar-refractivity contribution >= 4 is 0 Å². The zero-order chi connectivity index (χ0) is 8.85. The van der Waals surface area contributed by atoms with E-state index in [1.54, 1.807) is 6.92 Å². The minimum atomic E-state index is -0.267. The average molecular weight is 160 g/mol. The van der Waals surface area contributed by atoms with E-state index >= 15 is 0 Å². The molecule has 0 fully saturated rings. The monoisotopic (exact) mass is 160 g/mol. The fraction of sp³-hybridized carbons (Fsp3) is 1.00. The van der Waals surface area contributed by atoms with Gasteiger partial charge in [-0.2, -0.15) is 0 Å². The summed E-state index contributed by atoms with van der Waals surface area (Å²) in [6.07, 6.45) is -0.267. The Bertz CT molecular complexity index is 94.1. The summed E-state index contributed by atoms with van der Waals surface area (Å²) < 4.78 is 0. The predicted octanol–water partition coefficient (Wildman–Crippen LogP) is -0.0931. The van der Waals surface area contributed by atoms with Crippen molar-refractivity contribution in [3.8, 4) is 0 Å². The van der Waals surface area contributed by atoms with E-state index in [-0.39, 0.29) is 12.1 Å². The Morgan fingerprint density at radius 3 is 2.27 bits per heavy atom. The normalized spacial score (nSPS) is 16.9. The van der Waals surface area contributed by atoms with Crippen molar-refractivity contribution in [1.82, 2.24) is 10.2 Å². The zero-order valence-electron chi connectivity index (χ0n) is 7.96. The van der Waals surface area contributed by atoms with Gasteiger partial charge in [0.1, 0.15) is 0 Å². The van der Waals surface area contributed by atoms with Crippen LogP contribution in [-0.4, -0.2) is 49.3 Å². The number of likely N-dealkylation sites (N-methyl/N-ethyl adjacent to an activating group) is 1. The maximum atomic E-state index is 9.11. The Kier molecular flexibility index (Phi) is 5.46. The second-order valence-corrected chi connectivity index (χ2v) is 3.29. The third-order valence-corrected chi connectivity index (χ3v) is 1.75. The molecule has 0 radical (unpaired) electrons. The average Bonchev–Trinajstić information content (AvgIpc) is 1.86. The molecular weight excluding hydrogens is 140 g/mol. The van der Waals surface area contributed by atoms with Crippen LogP contribution in [0.2, 0.25) is 0 Å². The van der Waals surface area contributed by atoms with Gasteiger partial charge in [-0.15, -0.1) is 0 Å². The van der Waals surface area contributed by atoms with E-state index in [9.17, 15) is 0 Å². The first-order valence-corrected chi connectivity index (χ1v) is 4.10. The fourth-order valence-electron chi connectivity index (χ4n) is 0.686. The quantitative estimate of drug-likeness (QED) is 0.590. The van der Waals surface area contributed by atoms with Crippen LogP contribution in [0.25, 0.3) is 0 Å². The summed E-state index contributed by atoms with van der Waals surface area (Å²) in [7, 11) is 4.07. The summed E-state index contributed by atoms with van der Waals surface area (Å²) in [6, 6.07) is 0.190. The smallest absolute Gasteiger partial charge is 0.0662 e. The number of hydrogen-bond donors (Lipinski definition) is 2. The molecule has 0 aromatic heterocycles. The van der Waals surface area contributed by atoms with Crippen LogP contribution >= 0.6 is 0 Å². The molecule has 0 aliphatic carbocycles. The van der Waals surface area contributed by atoms with Gasteiger partial charge in [0.2, 0.25) is 0 Å². The first-order chi connectivity index (χ1) is 5.04. The van der Waals surface area contributed by atoms with Crippen molar-refractivity contribution in [1.29, 1.82) is 0 Å². The maximum absolute atomic E-state index is 9.11. The summed E-state index contributed by atoms with van der Waals surface area (Å²) >= 11 is 0. The van der Waals surface area contributed by atoms with Gasteiger partial charge in [-0.25, -0.2) is 0 Å². The SMILES string of the molecule is CC(O)C(C)NCCN(C)C. The lowest BCUT2D eigenvalue weighted by Crippen LogP contribution is -2.39. The highest BCUT2D eigenvalue weighted by atomic mass is 16.3. The third kappa shape index (κ3) is 6.28. The van der Waals surface area contributed by atoms with Crippen molar-refractivity contribution in [2.45, 2.75) is 26.0 Å². The van der Waals surface area contributed by atoms with Gasteiger partial charge in [-0.05, 0) is 27.9 Å². The van der Waals surface area contributed by atoms with Crippen LogP contribution in [0.1, 0.15) is 13.8 Å². The summed E-state index contributed by atoms with van der Waals surface area (Å²) in [4.78, 5) is 2.11. The molecule has 2 unspecified atom stereocenters. The summed E-state index contributed by atoms with van der Waals surface area (Å²) in [5.74, 6) is 0. The molecule has 3 heteroatoms. The third-order valence-electron chi connectivity index (χ3n) is 1.75.